The third kappa shape index (κ3) is 3.35. The Morgan fingerprint density at radius 2 is 2.03 bits per heavy atom. The second-order valence-electron chi connectivity index (χ2n) is 7.24. The summed E-state index contributed by atoms with van der Waals surface area (Å²) < 4.78 is 1.74. The van der Waals surface area contributed by atoms with Crippen LogP contribution in [0.2, 0.25) is 0 Å². The fourth-order valence-electron chi connectivity index (χ4n) is 3.75. The van der Waals surface area contributed by atoms with Crippen LogP contribution in [0.25, 0.3) is 27.6 Å². The smallest absolute Gasteiger partial charge is 0.250 e. The maximum Gasteiger partial charge on any atom is 0.250 e. The number of benzene rings is 2. The molecule has 9 nitrogen and oxygen atoms in total. The molecule has 0 fully saturated rings. The highest BCUT2D eigenvalue weighted by atomic mass is 16.2. The zero-order valence-corrected chi connectivity index (χ0v) is 17.1. The van der Waals surface area contributed by atoms with Gasteiger partial charge in [0.1, 0.15) is 17.4 Å². The number of amides is 1. The van der Waals surface area contributed by atoms with Gasteiger partial charge in [0, 0.05) is 24.0 Å². The summed E-state index contributed by atoms with van der Waals surface area (Å²) in [5.41, 5.74) is 10.8. The summed E-state index contributed by atoms with van der Waals surface area (Å²) in [6.45, 7) is 4.04. The highest BCUT2D eigenvalue weighted by Gasteiger charge is 2.19. The van der Waals surface area contributed by atoms with Crippen molar-refractivity contribution in [2.24, 2.45) is 0 Å². The molecule has 158 valence electrons. The van der Waals surface area contributed by atoms with Crippen molar-refractivity contribution < 1.29 is 4.79 Å². The zero-order chi connectivity index (χ0) is 22.1. The number of rotatable bonds is 6. The lowest BCUT2D eigenvalue weighted by Crippen LogP contribution is -2.31. The zero-order valence-electron chi connectivity index (χ0n) is 17.1. The number of aromatic amines is 1. The van der Waals surface area contributed by atoms with Gasteiger partial charge in [-0.25, -0.2) is 14.6 Å². The summed E-state index contributed by atoms with van der Waals surface area (Å²) in [7, 11) is 0. The molecule has 0 atom stereocenters. The van der Waals surface area contributed by atoms with E-state index >= 15 is 0 Å². The number of nitrogens with zero attached hydrogens (tertiary/aromatic N) is 6. The van der Waals surface area contributed by atoms with Crippen LogP contribution in [0, 0.1) is 0 Å². The molecule has 0 radical (unpaired) electrons. The minimum atomic E-state index is -0.181. The van der Waals surface area contributed by atoms with Crippen LogP contribution in [0.1, 0.15) is 5.69 Å². The van der Waals surface area contributed by atoms with Gasteiger partial charge < -0.3 is 10.6 Å². The van der Waals surface area contributed by atoms with Gasteiger partial charge in [0.15, 0.2) is 5.82 Å². The molecule has 3 aromatic heterocycles. The van der Waals surface area contributed by atoms with Crippen LogP contribution in [-0.2, 0) is 11.2 Å². The number of fused-ring (bicyclic) bond motifs is 2. The Balaban J connectivity index is 1.55. The fraction of sp³-hybridized carbons (Fsp3) is 0.0870. The predicted molar refractivity (Wildman–Crippen MR) is 123 cm³/mol. The van der Waals surface area contributed by atoms with Crippen molar-refractivity contribution in [3.05, 3.63) is 79.4 Å². The first-order valence-electron chi connectivity index (χ1n) is 10.1. The minimum Gasteiger partial charge on any atom is -0.382 e. The molecule has 3 heterocycles. The first-order chi connectivity index (χ1) is 15.7. The average Bonchev–Trinajstić information content (AvgIpc) is 3.44. The molecule has 0 bridgehead atoms. The average molecular weight is 424 g/mol. The van der Waals surface area contributed by atoms with E-state index in [0.717, 1.165) is 28.0 Å². The van der Waals surface area contributed by atoms with Crippen molar-refractivity contribution in [3.63, 3.8) is 0 Å². The SMILES string of the molecule is C=CC(=O)N(CCc1nn(-c2ccc3[nH]ncc3c2)c2c(N)ncnc12)c1ccccc1. The number of nitrogens with two attached hydrogens (primary N) is 1. The van der Waals surface area contributed by atoms with E-state index in [1.807, 2.05) is 48.5 Å². The number of para-hydroxylation sites is 1. The van der Waals surface area contributed by atoms with Gasteiger partial charge in [-0.05, 0) is 36.4 Å². The number of carbonyl (C=O) groups excluding carboxylic acids is 1. The molecule has 0 aliphatic carbocycles. The van der Waals surface area contributed by atoms with Crippen LogP contribution in [0.4, 0.5) is 11.5 Å². The normalized spacial score (nSPS) is 11.1. The van der Waals surface area contributed by atoms with Gasteiger partial charge in [-0.2, -0.15) is 10.2 Å². The Morgan fingerprint density at radius 3 is 2.84 bits per heavy atom. The molecule has 0 saturated carbocycles. The molecule has 0 unspecified atom stereocenters. The van der Waals surface area contributed by atoms with E-state index in [1.165, 1.54) is 12.4 Å². The molecular weight excluding hydrogens is 404 g/mol. The van der Waals surface area contributed by atoms with Gasteiger partial charge in [0.2, 0.25) is 5.91 Å². The van der Waals surface area contributed by atoms with Crippen LogP contribution in [0.3, 0.4) is 0 Å². The highest BCUT2D eigenvalue weighted by Crippen LogP contribution is 2.26. The minimum absolute atomic E-state index is 0.181. The molecule has 2 aromatic carbocycles. The van der Waals surface area contributed by atoms with Crippen LogP contribution in [0.5, 0.6) is 0 Å². The van der Waals surface area contributed by atoms with Crippen molar-refractivity contribution >= 4 is 39.3 Å². The van der Waals surface area contributed by atoms with E-state index in [0.29, 0.717) is 29.8 Å². The Labute approximate surface area is 183 Å². The summed E-state index contributed by atoms with van der Waals surface area (Å²) in [5, 5.41) is 12.8. The largest absolute Gasteiger partial charge is 0.382 e. The first-order valence-corrected chi connectivity index (χ1v) is 10.1. The quantitative estimate of drug-likeness (QED) is 0.405. The molecule has 1 amide bonds. The topological polar surface area (TPSA) is 119 Å². The van der Waals surface area contributed by atoms with Crippen LogP contribution >= 0.6 is 0 Å². The monoisotopic (exact) mass is 424 g/mol. The fourth-order valence-corrected chi connectivity index (χ4v) is 3.75. The number of H-pyrrole nitrogens is 1. The van der Waals surface area contributed by atoms with E-state index in [1.54, 1.807) is 15.8 Å². The predicted octanol–water partition coefficient (Wildman–Crippen LogP) is 3.04. The summed E-state index contributed by atoms with van der Waals surface area (Å²) in [4.78, 5) is 22.8. The Bertz CT molecular complexity index is 1440. The van der Waals surface area contributed by atoms with Crippen molar-refractivity contribution in [2.75, 3.05) is 17.2 Å². The number of nitrogen functional groups attached to an aromatic ring is 1. The van der Waals surface area contributed by atoms with Crippen molar-refractivity contribution in [3.8, 4) is 5.69 Å². The summed E-state index contributed by atoms with van der Waals surface area (Å²) >= 11 is 0. The van der Waals surface area contributed by atoms with Gasteiger partial charge in [-0.3, -0.25) is 9.89 Å². The van der Waals surface area contributed by atoms with E-state index in [9.17, 15) is 4.79 Å². The number of hydrogen-bond acceptors (Lipinski definition) is 6. The number of carbonyl (C=O) groups is 1. The maximum atomic E-state index is 12.5. The van der Waals surface area contributed by atoms with E-state index in [4.69, 9.17) is 10.8 Å². The third-order valence-electron chi connectivity index (χ3n) is 5.31. The van der Waals surface area contributed by atoms with Crippen LogP contribution < -0.4 is 10.6 Å². The lowest BCUT2D eigenvalue weighted by Gasteiger charge is -2.20. The Kier molecular flexibility index (Phi) is 4.83. The van der Waals surface area contributed by atoms with Gasteiger partial charge in [-0.15, -0.1) is 0 Å². The van der Waals surface area contributed by atoms with E-state index < -0.39 is 0 Å². The lowest BCUT2D eigenvalue weighted by molar-refractivity contribution is -0.114. The van der Waals surface area contributed by atoms with Crippen molar-refractivity contribution in [2.45, 2.75) is 6.42 Å². The lowest BCUT2D eigenvalue weighted by atomic mass is 10.2. The molecule has 0 saturated heterocycles. The molecule has 3 N–H and O–H groups in total. The summed E-state index contributed by atoms with van der Waals surface area (Å²) in [5.74, 6) is 0.155. The molecule has 5 rings (SSSR count). The molecule has 0 aliphatic rings. The number of hydrogen-bond donors (Lipinski definition) is 2. The number of nitrogens with one attached hydrogen (secondary N) is 1. The van der Waals surface area contributed by atoms with Crippen LogP contribution in [-0.4, -0.2) is 42.4 Å². The van der Waals surface area contributed by atoms with Gasteiger partial charge in [0.05, 0.1) is 23.1 Å². The van der Waals surface area contributed by atoms with Gasteiger partial charge in [-0.1, -0.05) is 24.8 Å². The van der Waals surface area contributed by atoms with Gasteiger partial charge in [0.25, 0.3) is 0 Å². The molecular formula is C23H20N8O. The van der Waals surface area contributed by atoms with Crippen LogP contribution in [0.15, 0.2) is 73.7 Å². The molecule has 0 aliphatic heterocycles. The molecule has 9 heteroatoms. The third-order valence-corrected chi connectivity index (χ3v) is 5.31. The Morgan fingerprint density at radius 1 is 1.19 bits per heavy atom. The molecule has 32 heavy (non-hydrogen) atoms. The van der Waals surface area contributed by atoms with Crippen molar-refractivity contribution in [1.29, 1.82) is 0 Å². The van der Waals surface area contributed by atoms with E-state index in [2.05, 4.69) is 26.7 Å². The molecule has 5 aromatic rings. The van der Waals surface area contributed by atoms with Crippen molar-refractivity contribution in [1.82, 2.24) is 29.9 Å². The highest BCUT2D eigenvalue weighted by molar-refractivity contribution is 6.01. The first kappa shape index (κ1) is 19.4. The standard InChI is InChI=1S/C23H20N8O/c1-2-20(32)30(16-6-4-3-5-7-16)11-10-19-21-22(23(24)26-14-25-21)31(29-19)17-8-9-18-15(12-17)13-27-28-18/h2-9,12-14H,1,10-11H2,(H,27,28)(H2,24,25,26). The second kappa shape index (κ2) is 7.95. The second-order valence-corrected chi connectivity index (χ2v) is 7.24. The molecule has 0 spiro atoms. The number of anilines is 2. The maximum absolute atomic E-state index is 12.5. The van der Waals surface area contributed by atoms with Gasteiger partial charge >= 0.3 is 0 Å². The summed E-state index contributed by atoms with van der Waals surface area (Å²) in [6, 6.07) is 15.3. The Hall–Kier alpha value is -4.53. The van der Waals surface area contributed by atoms with E-state index in [-0.39, 0.29) is 5.91 Å². The summed E-state index contributed by atoms with van der Waals surface area (Å²) in [6.07, 6.45) is 4.96. The number of aromatic nitrogens is 6.